The second-order valence-electron chi connectivity index (χ2n) is 4.36. The van der Waals surface area contributed by atoms with E-state index in [1.165, 1.54) is 5.56 Å². The number of hydrogen-bond acceptors (Lipinski definition) is 4. The standard InChI is InChI=1S/C15H18N2OS/c1-11-9-12(2)17-15(10-11)19-8-7-18-14-6-4-3-5-13(14)16/h3-6,9-10H,7-8,16H2,1-2H3. The van der Waals surface area contributed by atoms with Gasteiger partial charge in [0.25, 0.3) is 0 Å². The van der Waals surface area contributed by atoms with Gasteiger partial charge in [0.05, 0.1) is 17.3 Å². The largest absolute Gasteiger partial charge is 0.491 e. The van der Waals surface area contributed by atoms with Crippen LogP contribution in [-0.2, 0) is 0 Å². The Balaban J connectivity index is 1.82. The molecule has 0 fully saturated rings. The number of pyridine rings is 1. The van der Waals surface area contributed by atoms with E-state index in [2.05, 4.69) is 24.0 Å². The molecule has 1 aromatic carbocycles. The van der Waals surface area contributed by atoms with Gasteiger partial charge in [-0.3, -0.25) is 0 Å². The van der Waals surface area contributed by atoms with Crippen LogP contribution in [0.4, 0.5) is 5.69 Å². The molecule has 2 rings (SSSR count). The number of hydrogen-bond donors (Lipinski definition) is 1. The Labute approximate surface area is 118 Å². The summed E-state index contributed by atoms with van der Waals surface area (Å²) in [7, 11) is 0. The van der Waals surface area contributed by atoms with Gasteiger partial charge >= 0.3 is 0 Å². The van der Waals surface area contributed by atoms with Gasteiger partial charge in [-0.2, -0.15) is 0 Å². The first-order valence-electron chi connectivity index (χ1n) is 6.20. The molecule has 3 nitrogen and oxygen atoms in total. The Kier molecular flexibility index (Phi) is 4.68. The Morgan fingerprint density at radius 1 is 1.21 bits per heavy atom. The lowest BCUT2D eigenvalue weighted by atomic mass is 10.3. The van der Waals surface area contributed by atoms with Crippen LogP contribution in [-0.4, -0.2) is 17.3 Å². The first-order valence-corrected chi connectivity index (χ1v) is 7.19. The average molecular weight is 274 g/mol. The zero-order chi connectivity index (χ0) is 13.7. The number of rotatable bonds is 5. The SMILES string of the molecule is Cc1cc(C)nc(SCCOc2ccccc2N)c1. The number of aryl methyl sites for hydroxylation is 2. The first kappa shape index (κ1) is 13.7. The van der Waals surface area contributed by atoms with Crippen LogP contribution in [0.1, 0.15) is 11.3 Å². The van der Waals surface area contributed by atoms with Crippen molar-refractivity contribution in [3.05, 3.63) is 47.7 Å². The predicted molar refractivity (Wildman–Crippen MR) is 80.8 cm³/mol. The molecule has 1 heterocycles. The number of aromatic nitrogens is 1. The highest BCUT2D eigenvalue weighted by atomic mass is 32.2. The molecule has 2 N–H and O–H groups in total. The van der Waals surface area contributed by atoms with Gasteiger partial charge in [0.1, 0.15) is 5.75 Å². The second-order valence-corrected chi connectivity index (χ2v) is 5.47. The molecule has 19 heavy (non-hydrogen) atoms. The molecule has 4 heteroatoms. The van der Waals surface area contributed by atoms with Crippen molar-refractivity contribution in [2.24, 2.45) is 0 Å². The molecule has 0 aliphatic carbocycles. The van der Waals surface area contributed by atoms with Gasteiger partial charge in [-0.25, -0.2) is 4.98 Å². The van der Waals surface area contributed by atoms with Gasteiger partial charge < -0.3 is 10.5 Å². The molecule has 2 aromatic rings. The number of ether oxygens (including phenoxy) is 1. The van der Waals surface area contributed by atoms with E-state index in [1.54, 1.807) is 11.8 Å². The highest BCUT2D eigenvalue weighted by Crippen LogP contribution is 2.21. The molecule has 0 aliphatic heterocycles. The normalized spacial score (nSPS) is 10.4. The van der Waals surface area contributed by atoms with Gasteiger partial charge in [-0.1, -0.05) is 12.1 Å². The van der Waals surface area contributed by atoms with Crippen molar-refractivity contribution in [2.75, 3.05) is 18.1 Å². The van der Waals surface area contributed by atoms with E-state index >= 15 is 0 Å². The number of nitrogens with zero attached hydrogens (tertiary/aromatic N) is 1. The summed E-state index contributed by atoms with van der Waals surface area (Å²) >= 11 is 1.70. The molecule has 0 unspecified atom stereocenters. The zero-order valence-electron chi connectivity index (χ0n) is 11.2. The highest BCUT2D eigenvalue weighted by Gasteiger charge is 2.01. The lowest BCUT2D eigenvalue weighted by Crippen LogP contribution is -2.02. The fourth-order valence-electron chi connectivity index (χ4n) is 1.79. The van der Waals surface area contributed by atoms with Crippen molar-refractivity contribution >= 4 is 17.4 Å². The summed E-state index contributed by atoms with van der Waals surface area (Å²) in [6.45, 7) is 4.71. The summed E-state index contributed by atoms with van der Waals surface area (Å²) in [5, 5.41) is 1.04. The number of benzene rings is 1. The Bertz CT molecular complexity index is 537. The molecule has 0 radical (unpaired) electrons. The number of nitrogens with two attached hydrogens (primary N) is 1. The van der Waals surface area contributed by atoms with Crippen molar-refractivity contribution in [3.63, 3.8) is 0 Å². The van der Waals surface area contributed by atoms with Gasteiger partial charge in [-0.05, 0) is 43.7 Å². The van der Waals surface area contributed by atoms with E-state index in [1.807, 2.05) is 31.2 Å². The fraction of sp³-hybridized carbons (Fsp3) is 0.267. The van der Waals surface area contributed by atoms with Crippen LogP contribution < -0.4 is 10.5 Å². The van der Waals surface area contributed by atoms with Gasteiger partial charge in [0.15, 0.2) is 0 Å². The third-order valence-corrected chi connectivity index (χ3v) is 3.46. The van der Waals surface area contributed by atoms with Crippen molar-refractivity contribution in [3.8, 4) is 5.75 Å². The van der Waals surface area contributed by atoms with E-state index in [0.29, 0.717) is 12.3 Å². The molecule has 0 saturated carbocycles. The molecular formula is C15H18N2OS. The third kappa shape index (κ3) is 4.17. The Morgan fingerprint density at radius 3 is 2.74 bits per heavy atom. The minimum absolute atomic E-state index is 0.619. The van der Waals surface area contributed by atoms with Crippen molar-refractivity contribution < 1.29 is 4.74 Å². The van der Waals surface area contributed by atoms with Crippen molar-refractivity contribution in [1.82, 2.24) is 4.98 Å². The number of thioether (sulfide) groups is 1. The summed E-state index contributed by atoms with van der Waals surface area (Å²) in [5.74, 6) is 1.60. The molecule has 0 bridgehead atoms. The lowest BCUT2D eigenvalue weighted by Gasteiger charge is -2.08. The van der Waals surface area contributed by atoms with Gasteiger partial charge in [0, 0.05) is 11.4 Å². The Morgan fingerprint density at radius 2 is 2.00 bits per heavy atom. The van der Waals surface area contributed by atoms with Crippen LogP contribution in [0.3, 0.4) is 0 Å². The van der Waals surface area contributed by atoms with E-state index in [4.69, 9.17) is 10.5 Å². The quantitative estimate of drug-likeness (QED) is 0.515. The fourth-order valence-corrected chi connectivity index (χ4v) is 2.64. The van der Waals surface area contributed by atoms with E-state index < -0.39 is 0 Å². The van der Waals surface area contributed by atoms with E-state index in [0.717, 1.165) is 22.2 Å². The van der Waals surface area contributed by atoms with E-state index in [9.17, 15) is 0 Å². The molecular weight excluding hydrogens is 256 g/mol. The molecule has 0 saturated heterocycles. The van der Waals surface area contributed by atoms with E-state index in [-0.39, 0.29) is 0 Å². The molecule has 0 spiro atoms. The second kappa shape index (κ2) is 6.48. The first-order chi connectivity index (χ1) is 9.15. The molecule has 100 valence electrons. The minimum Gasteiger partial charge on any atom is -0.491 e. The summed E-state index contributed by atoms with van der Waals surface area (Å²) in [6.07, 6.45) is 0. The molecule has 0 amide bonds. The predicted octanol–water partition coefficient (Wildman–Crippen LogP) is 3.45. The number of anilines is 1. The van der Waals surface area contributed by atoms with Crippen LogP contribution in [0, 0.1) is 13.8 Å². The van der Waals surface area contributed by atoms with Crippen LogP contribution >= 0.6 is 11.8 Å². The Hall–Kier alpha value is -1.68. The summed E-state index contributed by atoms with van der Waals surface area (Å²) in [5.41, 5.74) is 8.78. The van der Waals surface area contributed by atoms with Crippen molar-refractivity contribution in [1.29, 1.82) is 0 Å². The smallest absolute Gasteiger partial charge is 0.142 e. The summed E-state index contributed by atoms with van der Waals surface area (Å²) < 4.78 is 5.65. The zero-order valence-corrected chi connectivity index (χ0v) is 12.0. The maximum atomic E-state index is 5.81. The van der Waals surface area contributed by atoms with Gasteiger partial charge in [-0.15, -0.1) is 11.8 Å². The molecule has 0 aliphatic rings. The lowest BCUT2D eigenvalue weighted by molar-refractivity contribution is 0.346. The summed E-state index contributed by atoms with van der Waals surface area (Å²) in [4.78, 5) is 4.48. The summed E-state index contributed by atoms with van der Waals surface area (Å²) in [6, 6.07) is 11.7. The average Bonchev–Trinajstić information content (AvgIpc) is 2.35. The van der Waals surface area contributed by atoms with Crippen LogP contribution in [0.5, 0.6) is 5.75 Å². The maximum absolute atomic E-state index is 5.81. The van der Waals surface area contributed by atoms with Crippen molar-refractivity contribution in [2.45, 2.75) is 18.9 Å². The maximum Gasteiger partial charge on any atom is 0.142 e. The monoisotopic (exact) mass is 274 g/mol. The number of nitrogen functional groups attached to an aromatic ring is 1. The van der Waals surface area contributed by atoms with Gasteiger partial charge in [0.2, 0.25) is 0 Å². The minimum atomic E-state index is 0.619. The highest BCUT2D eigenvalue weighted by molar-refractivity contribution is 7.99. The molecule has 1 aromatic heterocycles. The van der Waals surface area contributed by atoms with Crippen LogP contribution in [0.2, 0.25) is 0 Å². The third-order valence-electron chi connectivity index (χ3n) is 2.58. The number of para-hydroxylation sites is 2. The topological polar surface area (TPSA) is 48.1 Å². The molecule has 0 atom stereocenters. The van der Waals surface area contributed by atoms with Crippen LogP contribution in [0.15, 0.2) is 41.4 Å². The van der Waals surface area contributed by atoms with Crippen LogP contribution in [0.25, 0.3) is 0 Å².